The van der Waals surface area contributed by atoms with Crippen LogP contribution < -0.4 is 10.6 Å². The van der Waals surface area contributed by atoms with Crippen LogP contribution in [0.2, 0.25) is 0 Å². The number of hydrogen-bond donors (Lipinski definition) is 0. The molecule has 0 aliphatic carbocycles. The van der Waals surface area contributed by atoms with Crippen LogP contribution in [0.15, 0.2) is 109 Å². The summed E-state index contributed by atoms with van der Waals surface area (Å²) in [7, 11) is 0.982. The van der Waals surface area contributed by atoms with Gasteiger partial charge in [-0.25, -0.2) is 0 Å². The number of allylic oxidation sites excluding steroid dienone is 4. The smallest absolute Gasteiger partial charge is 0.00745 e. The SMILES string of the molecule is C1=CC=PP(c2ccccc2)P(c2ccc(-c3ccccc3)cc2)CCCC=C1. The molecular weight excluding hydrogens is 405 g/mol. The minimum Gasteiger partial charge on any atom is -0.0845 e. The van der Waals surface area contributed by atoms with Gasteiger partial charge in [-0.15, -0.1) is 0 Å². The zero-order chi connectivity index (χ0) is 19.7. The van der Waals surface area contributed by atoms with Gasteiger partial charge < -0.3 is 0 Å². The lowest BCUT2D eigenvalue weighted by molar-refractivity contribution is 0.969. The first-order valence-corrected chi connectivity index (χ1v) is 15.3. The van der Waals surface area contributed by atoms with Gasteiger partial charge in [0.2, 0.25) is 0 Å². The zero-order valence-electron chi connectivity index (χ0n) is 16.4. The Kier molecular flexibility index (Phi) is 7.62. The molecular formula is C26H25P3. The van der Waals surface area contributed by atoms with E-state index in [2.05, 4.69) is 115 Å². The fraction of sp³-hybridized carbons (Fsp3) is 0.115. The first-order valence-electron chi connectivity index (χ1n) is 10.1. The Morgan fingerprint density at radius 1 is 0.621 bits per heavy atom. The lowest BCUT2D eigenvalue weighted by Gasteiger charge is -2.26. The lowest BCUT2D eigenvalue weighted by Crippen LogP contribution is -2.06. The first-order chi connectivity index (χ1) is 14.4. The molecule has 1 aliphatic rings. The van der Waals surface area contributed by atoms with Crippen molar-refractivity contribution >= 4 is 39.2 Å². The Balaban J connectivity index is 1.69. The Labute approximate surface area is 178 Å². The van der Waals surface area contributed by atoms with Crippen molar-refractivity contribution in [3.8, 4) is 11.1 Å². The molecule has 0 spiro atoms. The molecule has 0 saturated carbocycles. The standard InChI is InChI=1S/C26H25P3/c1-2-4-12-22-28(29(27-21-11-3-1)26-15-9-6-10-16-26)25-19-17-24(18-20-25)23-13-7-5-8-14-23/h1-3,5-11,13-21H,4,12,22H2. The summed E-state index contributed by atoms with van der Waals surface area (Å²) >= 11 is 0. The van der Waals surface area contributed by atoms with Crippen LogP contribution in [0.1, 0.15) is 12.8 Å². The molecule has 0 aromatic heterocycles. The molecule has 0 nitrogen and oxygen atoms in total. The van der Waals surface area contributed by atoms with Crippen LogP contribution in [0.5, 0.6) is 0 Å². The summed E-state index contributed by atoms with van der Waals surface area (Å²) in [5, 5.41) is 3.07. The summed E-state index contributed by atoms with van der Waals surface area (Å²) in [6.45, 7) is 0. The Hall–Kier alpha value is -1.83. The van der Waals surface area contributed by atoms with Crippen molar-refractivity contribution in [2.24, 2.45) is 0 Å². The topological polar surface area (TPSA) is 0 Å². The van der Waals surface area contributed by atoms with Gasteiger partial charge in [0, 0.05) is 7.30 Å². The third-order valence-corrected chi connectivity index (χ3v) is 16.2. The van der Waals surface area contributed by atoms with Crippen molar-refractivity contribution in [3.05, 3.63) is 109 Å². The van der Waals surface area contributed by atoms with Crippen LogP contribution >= 0.6 is 22.8 Å². The van der Waals surface area contributed by atoms with E-state index in [1.54, 1.807) is 5.30 Å². The van der Waals surface area contributed by atoms with E-state index in [9.17, 15) is 0 Å². The van der Waals surface area contributed by atoms with E-state index in [-0.39, 0.29) is 14.9 Å². The molecule has 2 unspecified atom stereocenters. The Bertz CT molecular complexity index is 973. The molecule has 3 heteroatoms. The van der Waals surface area contributed by atoms with Crippen molar-refractivity contribution in [2.75, 3.05) is 6.16 Å². The van der Waals surface area contributed by atoms with Gasteiger partial charge >= 0.3 is 0 Å². The third kappa shape index (κ3) is 5.62. The van der Waals surface area contributed by atoms with Crippen molar-refractivity contribution < 1.29 is 0 Å². The summed E-state index contributed by atoms with van der Waals surface area (Å²) < 4.78 is 0. The molecule has 3 aromatic carbocycles. The van der Waals surface area contributed by atoms with Gasteiger partial charge in [-0.05, 0) is 54.1 Å². The van der Waals surface area contributed by atoms with Gasteiger partial charge in [-0.3, -0.25) is 0 Å². The highest BCUT2D eigenvalue weighted by molar-refractivity contribution is 8.60. The van der Waals surface area contributed by atoms with Crippen LogP contribution in [0.25, 0.3) is 11.1 Å². The molecule has 0 saturated heterocycles. The highest BCUT2D eigenvalue weighted by Gasteiger charge is 2.22. The first kappa shape index (κ1) is 20.4. The van der Waals surface area contributed by atoms with Crippen LogP contribution in [0, 0.1) is 0 Å². The fourth-order valence-corrected chi connectivity index (χ4v) is 14.8. The van der Waals surface area contributed by atoms with E-state index in [4.69, 9.17) is 0 Å². The van der Waals surface area contributed by atoms with Gasteiger partial charge in [0.1, 0.15) is 0 Å². The van der Waals surface area contributed by atoms with E-state index in [0.717, 1.165) is 0 Å². The molecule has 0 amide bonds. The van der Waals surface area contributed by atoms with E-state index >= 15 is 0 Å². The largest absolute Gasteiger partial charge is 0.0845 e. The molecule has 0 N–H and O–H groups in total. The molecule has 4 rings (SSSR count). The molecule has 0 radical (unpaired) electrons. The minimum absolute atomic E-state index is 0.219. The molecule has 29 heavy (non-hydrogen) atoms. The summed E-state index contributed by atoms with van der Waals surface area (Å²) in [4.78, 5) is 0. The molecule has 2 atom stereocenters. The monoisotopic (exact) mass is 430 g/mol. The van der Waals surface area contributed by atoms with E-state index in [0.29, 0.717) is 0 Å². The van der Waals surface area contributed by atoms with Crippen LogP contribution in [0.3, 0.4) is 0 Å². The van der Waals surface area contributed by atoms with E-state index in [1.165, 1.54) is 43.3 Å². The molecule has 1 heterocycles. The predicted octanol–water partition coefficient (Wildman–Crippen LogP) is 7.75. The van der Waals surface area contributed by atoms with Crippen LogP contribution in [-0.4, -0.2) is 12.0 Å². The average Bonchev–Trinajstić information content (AvgIpc) is 2.85. The number of benzene rings is 3. The highest BCUT2D eigenvalue weighted by atomic mass is 32.4. The van der Waals surface area contributed by atoms with Crippen LogP contribution in [0.4, 0.5) is 0 Å². The normalized spacial score (nSPS) is 20.1. The van der Waals surface area contributed by atoms with Gasteiger partial charge in [0.25, 0.3) is 0 Å². The minimum atomic E-state index is -0.252. The summed E-state index contributed by atoms with van der Waals surface area (Å²) in [5.74, 6) is 2.35. The third-order valence-electron chi connectivity index (χ3n) is 4.85. The number of hydrogen-bond acceptors (Lipinski definition) is 0. The van der Waals surface area contributed by atoms with Crippen LogP contribution in [-0.2, 0) is 0 Å². The van der Waals surface area contributed by atoms with Gasteiger partial charge in [0.05, 0.1) is 0 Å². The summed E-state index contributed by atoms with van der Waals surface area (Å²) in [6.07, 6.45) is 12.6. The van der Waals surface area contributed by atoms with Gasteiger partial charge in [-0.1, -0.05) is 117 Å². The number of rotatable bonds is 3. The zero-order valence-corrected chi connectivity index (χ0v) is 19.1. The van der Waals surface area contributed by atoms with E-state index in [1.807, 2.05) is 0 Å². The van der Waals surface area contributed by atoms with Gasteiger partial charge in [-0.2, -0.15) is 0 Å². The van der Waals surface area contributed by atoms with E-state index < -0.39 is 0 Å². The van der Waals surface area contributed by atoms with Gasteiger partial charge in [0.15, 0.2) is 0 Å². The van der Waals surface area contributed by atoms with Crippen molar-refractivity contribution in [1.82, 2.24) is 0 Å². The maximum atomic E-state index is 2.40. The second-order valence-corrected chi connectivity index (χ2v) is 15.8. The maximum Gasteiger partial charge on any atom is 0.00745 e. The fourth-order valence-electron chi connectivity index (χ4n) is 3.37. The molecule has 3 aromatic rings. The van der Waals surface area contributed by atoms with Crippen molar-refractivity contribution in [1.29, 1.82) is 0 Å². The lowest BCUT2D eigenvalue weighted by atomic mass is 10.1. The maximum absolute atomic E-state index is 2.40. The highest BCUT2D eigenvalue weighted by Crippen LogP contribution is 2.74. The second-order valence-electron chi connectivity index (χ2n) is 6.88. The summed E-state index contributed by atoms with van der Waals surface area (Å²) in [5.41, 5.74) is 2.60. The Morgan fingerprint density at radius 2 is 1.31 bits per heavy atom. The quantitative estimate of drug-likeness (QED) is 0.373. The predicted molar refractivity (Wildman–Crippen MR) is 137 cm³/mol. The average molecular weight is 430 g/mol. The summed E-state index contributed by atoms with van der Waals surface area (Å²) in [6, 6.07) is 31.3. The molecule has 144 valence electrons. The molecule has 0 fully saturated rings. The van der Waals surface area contributed by atoms with Crippen molar-refractivity contribution in [3.63, 3.8) is 0 Å². The molecule has 0 bridgehead atoms. The molecule has 1 aliphatic heterocycles. The second kappa shape index (κ2) is 10.8. The Morgan fingerprint density at radius 3 is 2.07 bits per heavy atom. The van der Waals surface area contributed by atoms with Crippen molar-refractivity contribution in [2.45, 2.75) is 12.8 Å².